The normalized spacial score (nSPS) is 19.6. The minimum atomic E-state index is 0.441. The Hall–Kier alpha value is -0.980. The van der Waals surface area contributed by atoms with E-state index >= 15 is 0 Å². The zero-order valence-corrected chi connectivity index (χ0v) is 10.8. The van der Waals surface area contributed by atoms with E-state index < -0.39 is 0 Å². The monoisotopic (exact) mass is 218 g/mol. The lowest BCUT2D eigenvalue weighted by Gasteiger charge is -2.22. The van der Waals surface area contributed by atoms with Crippen molar-refractivity contribution < 1.29 is 4.74 Å². The third kappa shape index (κ3) is 2.58. The third-order valence-electron chi connectivity index (χ3n) is 3.33. The lowest BCUT2D eigenvalue weighted by molar-refractivity contribution is 0.300. The number of hydrogen-bond acceptors (Lipinski definition) is 1. The molecule has 0 fully saturated rings. The Morgan fingerprint density at radius 1 is 1.19 bits per heavy atom. The van der Waals surface area contributed by atoms with Crippen LogP contribution < -0.4 is 4.74 Å². The molecule has 1 atom stereocenters. The van der Waals surface area contributed by atoms with Crippen LogP contribution in [0.1, 0.15) is 38.3 Å². The topological polar surface area (TPSA) is 9.23 Å². The first-order chi connectivity index (χ1) is 7.48. The van der Waals surface area contributed by atoms with Crippen LogP contribution in [0.15, 0.2) is 18.2 Å². The van der Waals surface area contributed by atoms with Crippen LogP contribution in [0.3, 0.4) is 0 Å². The molecule has 0 amide bonds. The van der Waals surface area contributed by atoms with Gasteiger partial charge in [-0.3, -0.25) is 0 Å². The summed E-state index contributed by atoms with van der Waals surface area (Å²) in [6, 6.07) is 6.52. The fraction of sp³-hybridized carbons (Fsp3) is 0.600. The summed E-state index contributed by atoms with van der Waals surface area (Å²) in [5.74, 6) is 1.82. The molecule has 1 aliphatic rings. The van der Waals surface area contributed by atoms with Crippen molar-refractivity contribution in [3.8, 4) is 5.75 Å². The molecule has 0 heterocycles. The van der Waals surface area contributed by atoms with Crippen molar-refractivity contribution in [1.29, 1.82) is 0 Å². The molecular weight excluding hydrogens is 196 g/mol. The molecule has 88 valence electrons. The number of methoxy groups -OCH3 is 1. The third-order valence-corrected chi connectivity index (χ3v) is 3.33. The zero-order valence-electron chi connectivity index (χ0n) is 10.8. The fourth-order valence-electron chi connectivity index (χ4n) is 2.82. The molecule has 0 aliphatic heterocycles. The van der Waals surface area contributed by atoms with E-state index in [4.69, 9.17) is 4.74 Å². The minimum Gasteiger partial charge on any atom is -0.497 e. The number of ether oxygens (including phenoxy) is 1. The van der Waals surface area contributed by atoms with E-state index in [0.717, 1.165) is 11.7 Å². The van der Waals surface area contributed by atoms with E-state index in [1.54, 1.807) is 7.11 Å². The summed E-state index contributed by atoms with van der Waals surface area (Å²) in [7, 11) is 1.74. The predicted molar refractivity (Wildman–Crippen MR) is 68.0 cm³/mol. The molecule has 0 saturated heterocycles. The first kappa shape index (κ1) is 11.5. The maximum Gasteiger partial charge on any atom is 0.119 e. The van der Waals surface area contributed by atoms with Gasteiger partial charge in [0, 0.05) is 0 Å². The average molecular weight is 218 g/mol. The van der Waals surface area contributed by atoms with Gasteiger partial charge in [0.2, 0.25) is 0 Å². The van der Waals surface area contributed by atoms with Crippen LogP contribution in [0.25, 0.3) is 0 Å². The summed E-state index contributed by atoms with van der Waals surface area (Å²) in [5.41, 5.74) is 3.46. The van der Waals surface area contributed by atoms with Gasteiger partial charge in [-0.25, -0.2) is 0 Å². The highest BCUT2D eigenvalue weighted by Crippen LogP contribution is 2.36. The Kier molecular flexibility index (Phi) is 2.96. The Labute approximate surface area is 98.8 Å². The van der Waals surface area contributed by atoms with Crippen molar-refractivity contribution in [1.82, 2.24) is 0 Å². The van der Waals surface area contributed by atoms with Crippen molar-refractivity contribution in [2.24, 2.45) is 11.3 Å². The van der Waals surface area contributed by atoms with Gasteiger partial charge in [-0.05, 0) is 53.9 Å². The van der Waals surface area contributed by atoms with E-state index in [1.807, 2.05) is 0 Å². The fourth-order valence-corrected chi connectivity index (χ4v) is 2.82. The molecule has 2 rings (SSSR count). The summed E-state index contributed by atoms with van der Waals surface area (Å²) >= 11 is 0. The Bertz CT molecular complexity index is 374. The summed E-state index contributed by atoms with van der Waals surface area (Å²) in [5, 5.41) is 0. The van der Waals surface area contributed by atoms with Crippen LogP contribution in [0.2, 0.25) is 0 Å². The quantitative estimate of drug-likeness (QED) is 0.732. The SMILES string of the molecule is COc1ccc2c(c1)CC(CC(C)(C)C)C2. The van der Waals surface area contributed by atoms with E-state index in [0.29, 0.717) is 5.41 Å². The Morgan fingerprint density at radius 2 is 1.88 bits per heavy atom. The summed E-state index contributed by atoms with van der Waals surface area (Å²) in [6.45, 7) is 6.99. The molecular formula is C15H22O. The van der Waals surface area contributed by atoms with Gasteiger partial charge in [0.1, 0.15) is 5.75 Å². The molecule has 0 aromatic heterocycles. The minimum absolute atomic E-state index is 0.441. The molecule has 0 spiro atoms. The van der Waals surface area contributed by atoms with Crippen LogP contribution >= 0.6 is 0 Å². The highest BCUT2D eigenvalue weighted by Gasteiger charge is 2.25. The first-order valence-corrected chi connectivity index (χ1v) is 6.14. The Morgan fingerprint density at radius 3 is 2.50 bits per heavy atom. The van der Waals surface area contributed by atoms with Crippen molar-refractivity contribution >= 4 is 0 Å². The number of rotatable bonds is 2. The van der Waals surface area contributed by atoms with Gasteiger partial charge >= 0.3 is 0 Å². The molecule has 1 nitrogen and oxygen atoms in total. The predicted octanol–water partition coefficient (Wildman–Crippen LogP) is 3.85. The lowest BCUT2D eigenvalue weighted by atomic mass is 9.83. The van der Waals surface area contributed by atoms with Crippen molar-refractivity contribution in [3.63, 3.8) is 0 Å². The number of fused-ring (bicyclic) bond motifs is 1. The lowest BCUT2D eigenvalue weighted by Crippen LogP contribution is -2.13. The first-order valence-electron chi connectivity index (χ1n) is 6.14. The average Bonchev–Trinajstić information content (AvgIpc) is 2.55. The van der Waals surface area contributed by atoms with Crippen LogP contribution in [-0.4, -0.2) is 7.11 Å². The maximum absolute atomic E-state index is 5.28. The summed E-state index contributed by atoms with van der Waals surface area (Å²) < 4.78 is 5.28. The molecule has 1 unspecified atom stereocenters. The molecule has 0 bridgehead atoms. The van der Waals surface area contributed by atoms with Gasteiger partial charge in [0.15, 0.2) is 0 Å². The van der Waals surface area contributed by atoms with Crippen LogP contribution in [0, 0.1) is 11.3 Å². The number of hydrogen-bond donors (Lipinski definition) is 0. The smallest absolute Gasteiger partial charge is 0.119 e. The summed E-state index contributed by atoms with van der Waals surface area (Å²) in [6.07, 6.45) is 3.78. The van der Waals surface area contributed by atoms with Crippen LogP contribution in [0.4, 0.5) is 0 Å². The molecule has 1 heteroatoms. The zero-order chi connectivity index (χ0) is 11.8. The standard InChI is InChI=1S/C15H22O/c1-15(2,3)10-11-7-12-5-6-14(16-4)9-13(12)8-11/h5-6,9,11H,7-8,10H2,1-4H3. The second-order valence-corrected chi connectivity index (χ2v) is 6.17. The van der Waals surface area contributed by atoms with E-state index in [1.165, 1.54) is 30.4 Å². The van der Waals surface area contributed by atoms with Gasteiger partial charge in [0.05, 0.1) is 7.11 Å². The molecule has 1 aliphatic carbocycles. The van der Waals surface area contributed by atoms with Crippen LogP contribution in [-0.2, 0) is 12.8 Å². The van der Waals surface area contributed by atoms with Gasteiger partial charge in [0.25, 0.3) is 0 Å². The van der Waals surface area contributed by atoms with Gasteiger partial charge in [-0.1, -0.05) is 26.8 Å². The van der Waals surface area contributed by atoms with Crippen molar-refractivity contribution in [3.05, 3.63) is 29.3 Å². The second kappa shape index (κ2) is 4.12. The van der Waals surface area contributed by atoms with Crippen molar-refractivity contribution in [2.75, 3.05) is 7.11 Å². The number of benzene rings is 1. The van der Waals surface area contributed by atoms with Crippen molar-refractivity contribution in [2.45, 2.75) is 40.0 Å². The molecule has 1 aromatic carbocycles. The second-order valence-electron chi connectivity index (χ2n) is 6.17. The highest BCUT2D eigenvalue weighted by molar-refractivity contribution is 5.39. The largest absolute Gasteiger partial charge is 0.497 e. The molecule has 16 heavy (non-hydrogen) atoms. The van der Waals surface area contributed by atoms with Gasteiger partial charge in [-0.2, -0.15) is 0 Å². The molecule has 1 aromatic rings. The van der Waals surface area contributed by atoms with Gasteiger partial charge < -0.3 is 4.74 Å². The molecule has 0 saturated carbocycles. The highest BCUT2D eigenvalue weighted by atomic mass is 16.5. The van der Waals surface area contributed by atoms with E-state index in [9.17, 15) is 0 Å². The van der Waals surface area contributed by atoms with E-state index in [2.05, 4.69) is 39.0 Å². The maximum atomic E-state index is 5.28. The van der Waals surface area contributed by atoms with E-state index in [-0.39, 0.29) is 0 Å². The molecule has 0 radical (unpaired) electrons. The van der Waals surface area contributed by atoms with Crippen LogP contribution in [0.5, 0.6) is 5.75 Å². The Balaban J connectivity index is 2.09. The van der Waals surface area contributed by atoms with Gasteiger partial charge in [-0.15, -0.1) is 0 Å². The molecule has 0 N–H and O–H groups in total. The summed E-state index contributed by atoms with van der Waals surface area (Å²) in [4.78, 5) is 0.